The first kappa shape index (κ1) is 39.9. The Bertz CT molecular complexity index is 1520. The molecular weight excluding hydrogens is 676 g/mol. The van der Waals surface area contributed by atoms with Gasteiger partial charge in [0.25, 0.3) is 5.91 Å². The number of carbonyl (C=O) groups excluding carboxylic acids is 7. The van der Waals surface area contributed by atoms with Crippen molar-refractivity contribution in [2.24, 2.45) is 17.3 Å². The quantitative estimate of drug-likeness (QED) is 0.192. The van der Waals surface area contributed by atoms with Crippen LogP contribution in [-0.4, -0.2) is 82.4 Å². The first-order chi connectivity index (χ1) is 25.3. The fourth-order valence-corrected chi connectivity index (χ4v) is 8.29. The van der Waals surface area contributed by atoms with E-state index in [1.54, 1.807) is 35.2 Å². The van der Waals surface area contributed by atoms with Crippen LogP contribution in [0.1, 0.15) is 118 Å². The van der Waals surface area contributed by atoms with Crippen LogP contribution in [0.3, 0.4) is 0 Å². The average molecular weight is 735 g/mol. The second-order valence-corrected chi connectivity index (χ2v) is 16.5. The van der Waals surface area contributed by atoms with E-state index in [0.29, 0.717) is 37.8 Å². The van der Waals surface area contributed by atoms with Gasteiger partial charge in [0.05, 0.1) is 6.04 Å². The molecule has 5 N–H and O–H groups in total. The van der Waals surface area contributed by atoms with E-state index in [2.05, 4.69) is 26.6 Å². The average Bonchev–Trinajstić information content (AvgIpc) is 3.87. The Balaban J connectivity index is 1.36. The van der Waals surface area contributed by atoms with Gasteiger partial charge < -0.3 is 31.5 Å². The van der Waals surface area contributed by atoms with Crippen molar-refractivity contribution in [1.29, 1.82) is 0 Å². The van der Waals surface area contributed by atoms with Gasteiger partial charge in [-0.25, -0.2) is 0 Å². The lowest BCUT2D eigenvalue weighted by Crippen LogP contribution is -2.63. The van der Waals surface area contributed by atoms with Gasteiger partial charge in [-0.3, -0.25) is 33.6 Å². The molecule has 1 heterocycles. The highest BCUT2D eigenvalue weighted by atomic mass is 16.2. The monoisotopic (exact) mass is 734 g/mol. The fourth-order valence-electron chi connectivity index (χ4n) is 8.29. The number of fused-ring (bicyclic) bond motifs is 1. The molecule has 0 aromatic heterocycles. The van der Waals surface area contributed by atoms with Crippen LogP contribution in [0.25, 0.3) is 0 Å². The van der Waals surface area contributed by atoms with Gasteiger partial charge in [0, 0.05) is 17.8 Å². The van der Waals surface area contributed by atoms with Crippen LogP contribution in [0.2, 0.25) is 0 Å². The summed E-state index contributed by atoms with van der Waals surface area (Å²) in [7, 11) is 0. The second kappa shape index (κ2) is 17.7. The minimum atomic E-state index is -1.07. The Hall–Kier alpha value is -4.29. The van der Waals surface area contributed by atoms with Crippen LogP contribution in [0.15, 0.2) is 30.3 Å². The number of para-hydroxylation sites is 1. The number of hydrogen-bond donors (Lipinski definition) is 5. The molecule has 1 aromatic rings. The number of carbonyl (C=O) groups is 7. The maximum absolute atomic E-state index is 14.9. The third-order valence-corrected chi connectivity index (χ3v) is 11.3. The van der Waals surface area contributed by atoms with E-state index in [9.17, 15) is 33.6 Å². The molecule has 6 amide bonds. The lowest BCUT2D eigenvalue weighted by atomic mass is 9.81. The van der Waals surface area contributed by atoms with Gasteiger partial charge in [-0.2, -0.15) is 0 Å². The molecule has 5 rings (SSSR count). The number of likely N-dealkylation sites (tertiary alicyclic amines) is 1. The molecule has 6 atom stereocenters. The van der Waals surface area contributed by atoms with Gasteiger partial charge in [0.1, 0.15) is 18.1 Å². The van der Waals surface area contributed by atoms with E-state index in [1.807, 2.05) is 27.7 Å². The second-order valence-electron chi connectivity index (χ2n) is 16.5. The van der Waals surface area contributed by atoms with Crippen LogP contribution >= 0.6 is 0 Å². The fraction of sp³-hybridized carbons (Fsp3) is 0.675. The van der Waals surface area contributed by atoms with Crippen molar-refractivity contribution in [3.05, 3.63) is 30.3 Å². The smallest absolute Gasteiger partial charge is 0.313 e. The third kappa shape index (κ3) is 10.2. The number of hydrogen-bond acceptors (Lipinski definition) is 7. The summed E-state index contributed by atoms with van der Waals surface area (Å²) >= 11 is 0. The summed E-state index contributed by atoms with van der Waals surface area (Å²) in [6.45, 7) is 7.40. The minimum Gasteiger partial charge on any atom is -0.347 e. The molecule has 53 heavy (non-hydrogen) atoms. The maximum Gasteiger partial charge on any atom is 0.313 e. The summed E-state index contributed by atoms with van der Waals surface area (Å²) in [5, 5.41) is 13.8. The molecule has 1 saturated heterocycles. The van der Waals surface area contributed by atoms with E-state index in [-0.39, 0.29) is 30.3 Å². The Morgan fingerprint density at radius 1 is 0.774 bits per heavy atom. The van der Waals surface area contributed by atoms with E-state index in [1.165, 1.54) is 0 Å². The molecular formula is C40H58N6O7. The lowest BCUT2D eigenvalue weighted by Gasteiger charge is -2.40. The number of rotatable bonds is 13. The van der Waals surface area contributed by atoms with Crippen molar-refractivity contribution in [3.63, 3.8) is 0 Å². The van der Waals surface area contributed by atoms with Crippen molar-refractivity contribution < 1.29 is 33.6 Å². The summed E-state index contributed by atoms with van der Waals surface area (Å²) in [6, 6.07) is 4.34. The van der Waals surface area contributed by atoms with E-state index >= 15 is 0 Å². The molecule has 0 spiro atoms. The van der Waals surface area contributed by atoms with Gasteiger partial charge >= 0.3 is 11.8 Å². The summed E-state index contributed by atoms with van der Waals surface area (Å²) < 4.78 is 0. The number of amides is 6. The topological polar surface area (TPSA) is 183 Å². The van der Waals surface area contributed by atoms with Crippen LogP contribution < -0.4 is 26.6 Å². The molecule has 1 aliphatic heterocycles. The summed E-state index contributed by atoms with van der Waals surface area (Å²) in [5.41, 5.74) is -0.352. The third-order valence-electron chi connectivity index (χ3n) is 11.3. The molecule has 1 aromatic carbocycles. The van der Waals surface area contributed by atoms with Crippen LogP contribution in [0, 0.1) is 17.3 Å². The molecule has 3 aliphatic carbocycles. The minimum absolute atomic E-state index is 0.00230. The highest BCUT2D eigenvalue weighted by Crippen LogP contribution is 2.41. The number of Topliss-reactive ketones (excluding diaryl/α,β-unsaturated/α-hetero) is 1. The van der Waals surface area contributed by atoms with E-state index < -0.39 is 70.8 Å². The highest BCUT2D eigenvalue weighted by molar-refractivity contribution is 6.40. The zero-order chi connectivity index (χ0) is 38.3. The predicted octanol–water partition coefficient (Wildman–Crippen LogP) is 3.51. The standard InChI is InChI=1S/C40H58N6O7/c1-5-14-28(32(47)36(50)41-27-21-22-27)43-34(48)30-23-25-17-12-13-20-29(25)46(30)39(53)33(40(2,3)4)45-35(49)31(24-15-8-6-9-16-24)44-38(52)37(51)42-26-18-10-7-11-19-26/h7,10-11,18-19,24-25,27-31,33H,5-6,8-9,12-17,20-23H2,1-4H3,(H,41,50)(H,42,51)(H,43,48)(H,44,52)(H,45,49)/t25?,28-,29?,30-,31?,33+/m0/s1. The molecule has 0 bridgehead atoms. The van der Waals surface area contributed by atoms with Crippen LogP contribution in [0.4, 0.5) is 5.69 Å². The van der Waals surface area contributed by atoms with Crippen molar-refractivity contribution in [1.82, 2.24) is 26.2 Å². The van der Waals surface area contributed by atoms with Crippen molar-refractivity contribution >= 4 is 46.9 Å². The van der Waals surface area contributed by atoms with Gasteiger partial charge in [0.2, 0.25) is 23.5 Å². The number of benzene rings is 1. The number of anilines is 1. The Morgan fingerprint density at radius 3 is 2.08 bits per heavy atom. The first-order valence-corrected chi connectivity index (χ1v) is 19.7. The molecule has 0 radical (unpaired) electrons. The largest absolute Gasteiger partial charge is 0.347 e. The van der Waals surface area contributed by atoms with Crippen molar-refractivity contribution in [3.8, 4) is 0 Å². The molecule has 4 aliphatic rings. The Labute approximate surface area is 312 Å². The molecule has 290 valence electrons. The summed E-state index contributed by atoms with van der Waals surface area (Å²) in [5.74, 6) is -4.81. The first-order valence-electron chi connectivity index (χ1n) is 19.7. The summed E-state index contributed by atoms with van der Waals surface area (Å²) in [6.07, 6.45) is 10.5. The number of nitrogens with zero attached hydrogens (tertiary/aromatic N) is 1. The SMILES string of the molecule is CCC[C@H](NC(=O)[C@@H]1CC2CCCCC2N1C(=O)[C@@H](NC(=O)C(NC(=O)C(=O)Nc1ccccc1)C1CCCCC1)C(C)(C)C)C(=O)C(=O)NC1CC1. The van der Waals surface area contributed by atoms with Gasteiger partial charge in [0.15, 0.2) is 0 Å². The van der Waals surface area contributed by atoms with Gasteiger partial charge in [-0.05, 0) is 80.8 Å². The molecule has 13 heteroatoms. The zero-order valence-electron chi connectivity index (χ0n) is 31.7. The Morgan fingerprint density at radius 2 is 1.43 bits per heavy atom. The molecule has 4 fully saturated rings. The molecule has 13 nitrogen and oxygen atoms in total. The van der Waals surface area contributed by atoms with Gasteiger partial charge in [-0.15, -0.1) is 0 Å². The zero-order valence-corrected chi connectivity index (χ0v) is 31.7. The maximum atomic E-state index is 14.9. The van der Waals surface area contributed by atoms with Crippen LogP contribution in [0.5, 0.6) is 0 Å². The number of nitrogens with one attached hydrogen (secondary N) is 5. The molecule has 3 saturated carbocycles. The van der Waals surface area contributed by atoms with E-state index in [4.69, 9.17) is 0 Å². The summed E-state index contributed by atoms with van der Waals surface area (Å²) in [4.78, 5) is 96.9. The van der Waals surface area contributed by atoms with Crippen molar-refractivity contribution in [2.75, 3.05) is 5.32 Å². The van der Waals surface area contributed by atoms with Gasteiger partial charge in [-0.1, -0.05) is 84.4 Å². The normalized spacial score (nSPS) is 23.4. The van der Waals surface area contributed by atoms with Crippen LogP contribution in [-0.2, 0) is 33.6 Å². The predicted molar refractivity (Wildman–Crippen MR) is 199 cm³/mol. The van der Waals surface area contributed by atoms with Crippen molar-refractivity contribution in [2.45, 2.75) is 154 Å². The van der Waals surface area contributed by atoms with E-state index in [0.717, 1.165) is 51.4 Å². The number of ketones is 1. The Kier molecular flexibility index (Phi) is 13.3. The molecule has 3 unspecified atom stereocenters. The lowest BCUT2D eigenvalue weighted by molar-refractivity contribution is -0.148. The highest BCUT2D eigenvalue weighted by Gasteiger charge is 2.51.